The van der Waals surface area contributed by atoms with Crippen LogP contribution >= 0.6 is 0 Å². The van der Waals surface area contributed by atoms with Gasteiger partial charge in [0.05, 0.1) is 26.4 Å². The van der Waals surface area contributed by atoms with Crippen LogP contribution < -0.4 is 23.7 Å². The normalized spacial score (nSPS) is 22.0. The number of rotatable bonds is 7. The highest BCUT2D eigenvalue weighted by Crippen LogP contribution is 2.49. The second kappa shape index (κ2) is 11.2. The van der Waals surface area contributed by atoms with Crippen molar-refractivity contribution < 1.29 is 62.1 Å². The highest BCUT2D eigenvalue weighted by atomic mass is 16.7. The van der Waals surface area contributed by atoms with Crippen LogP contribution in [0, 0.1) is 0 Å². The maximum Gasteiger partial charge on any atom is 0.339 e. The molecule has 3 aliphatic rings. The van der Waals surface area contributed by atoms with E-state index in [1.165, 1.54) is 28.1 Å². The molecule has 13 nitrogen and oxygen atoms in total. The molecule has 3 aliphatic heterocycles. The van der Waals surface area contributed by atoms with Gasteiger partial charge in [0.1, 0.15) is 12.4 Å². The van der Waals surface area contributed by atoms with E-state index in [9.17, 15) is 19.5 Å². The van der Waals surface area contributed by atoms with Gasteiger partial charge in [0.15, 0.2) is 41.3 Å². The van der Waals surface area contributed by atoms with Crippen LogP contribution in [-0.2, 0) is 35.1 Å². The van der Waals surface area contributed by atoms with Gasteiger partial charge in [-0.15, -0.1) is 0 Å². The number of carbonyl (C=O) groups is 3. The van der Waals surface area contributed by atoms with Crippen LogP contribution in [0.5, 0.6) is 28.7 Å². The number of aliphatic hydroxyl groups excluding tert-OH is 1. The minimum Gasteiger partial charge on any atom is -0.493 e. The molecule has 1 fully saturated rings. The van der Waals surface area contributed by atoms with Gasteiger partial charge in [-0.2, -0.15) is 0 Å². The zero-order valence-electron chi connectivity index (χ0n) is 23.7. The molecule has 6 rings (SSSR count). The van der Waals surface area contributed by atoms with Crippen molar-refractivity contribution in [3.63, 3.8) is 0 Å². The number of aliphatic hydroxyl groups is 1. The third kappa shape index (κ3) is 5.00. The molecule has 0 aliphatic carbocycles. The lowest BCUT2D eigenvalue weighted by Crippen LogP contribution is -2.57. The Balaban J connectivity index is 1.52. The number of hydrogen-bond acceptors (Lipinski definition) is 13. The minimum absolute atomic E-state index is 0.0772. The van der Waals surface area contributed by atoms with Crippen LogP contribution in [0.1, 0.15) is 29.8 Å². The fourth-order valence-electron chi connectivity index (χ4n) is 5.52. The smallest absolute Gasteiger partial charge is 0.339 e. The van der Waals surface area contributed by atoms with Crippen LogP contribution in [0.25, 0.3) is 21.9 Å². The Hall–Kier alpha value is -4.75. The van der Waals surface area contributed by atoms with Crippen LogP contribution in [0.3, 0.4) is 0 Å². The first-order chi connectivity index (χ1) is 20.7. The summed E-state index contributed by atoms with van der Waals surface area (Å²) in [6.45, 7) is 2.07. The quantitative estimate of drug-likeness (QED) is 0.314. The SMILES string of the molecule is COc1cc2c(OC3OCC(OC(C)=O)C(OC(C)=O)C3O)c3c(c(-c4ccc5c(c4)OCO5)c2cc1OC)C(=O)OC3. The lowest BCUT2D eigenvalue weighted by atomic mass is 9.89. The predicted octanol–water partition coefficient (Wildman–Crippen LogP) is 2.88. The van der Waals surface area contributed by atoms with Gasteiger partial charge in [-0.3, -0.25) is 9.59 Å². The van der Waals surface area contributed by atoms with Gasteiger partial charge in [0.25, 0.3) is 0 Å². The van der Waals surface area contributed by atoms with Crippen molar-refractivity contribution in [2.75, 3.05) is 27.6 Å². The molecule has 43 heavy (non-hydrogen) atoms. The van der Waals surface area contributed by atoms with E-state index in [1.54, 1.807) is 30.3 Å². The maximum absolute atomic E-state index is 13.3. The molecule has 3 aromatic carbocycles. The topological polar surface area (TPSA) is 155 Å². The zero-order chi connectivity index (χ0) is 30.4. The summed E-state index contributed by atoms with van der Waals surface area (Å²) >= 11 is 0. The summed E-state index contributed by atoms with van der Waals surface area (Å²) in [6, 6.07) is 8.72. The van der Waals surface area contributed by atoms with Crippen molar-refractivity contribution in [2.24, 2.45) is 0 Å². The monoisotopic (exact) mass is 596 g/mol. The number of benzene rings is 3. The van der Waals surface area contributed by atoms with Gasteiger partial charge in [0, 0.05) is 30.4 Å². The summed E-state index contributed by atoms with van der Waals surface area (Å²) in [5.74, 6) is 0.115. The van der Waals surface area contributed by atoms with E-state index in [0.29, 0.717) is 50.5 Å². The van der Waals surface area contributed by atoms with E-state index >= 15 is 0 Å². The molecule has 0 bridgehead atoms. The fraction of sp³-hybridized carbons (Fsp3) is 0.367. The van der Waals surface area contributed by atoms with E-state index in [2.05, 4.69) is 0 Å². The number of esters is 3. The van der Waals surface area contributed by atoms with E-state index in [0.717, 1.165) is 0 Å². The van der Waals surface area contributed by atoms with Crippen LogP contribution in [-0.4, -0.2) is 75.2 Å². The van der Waals surface area contributed by atoms with Crippen LogP contribution in [0.2, 0.25) is 0 Å². The fourth-order valence-corrected chi connectivity index (χ4v) is 5.52. The molecule has 3 aromatic rings. The Kier molecular flexibility index (Phi) is 7.36. The van der Waals surface area contributed by atoms with Crippen molar-refractivity contribution in [3.05, 3.63) is 41.5 Å². The molecule has 13 heteroatoms. The first kappa shape index (κ1) is 28.4. The average Bonchev–Trinajstić information content (AvgIpc) is 3.61. The lowest BCUT2D eigenvalue weighted by molar-refractivity contribution is -0.253. The number of carbonyl (C=O) groups excluding carboxylic acids is 3. The van der Waals surface area contributed by atoms with Crippen molar-refractivity contribution in [1.29, 1.82) is 0 Å². The first-order valence-electron chi connectivity index (χ1n) is 13.3. The molecule has 0 radical (unpaired) electrons. The third-order valence-corrected chi connectivity index (χ3v) is 7.34. The van der Waals surface area contributed by atoms with Gasteiger partial charge in [-0.1, -0.05) is 6.07 Å². The third-order valence-electron chi connectivity index (χ3n) is 7.34. The summed E-state index contributed by atoms with van der Waals surface area (Å²) in [6.07, 6.45) is -5.30. The maximum atomic E-state index is 13.3. The van der Waals surface area contributed by atoms with Gasteiger partial charge in [0.2, 0.25) is 13.1 Å². The van der Waals surface area contributed by atoms with Gasteiger partial charge in [-0.25, -0.2) is 4.79 Å². The molecular formula is C30H28O13. The molecule has 4 atom stereocenters. The summed E-state index contributed by atoms with van der Waals surface area (Å²) < 4.78 is 50.3. The molecule has 3 heterocycles. The number of hydrogen-bond donors (Lipinski definition) is 1. The Morgan fingerprint density at radius 2 is 1.58 bits per heavy atom. The van der Waals surface area contributed by atoms with Crippen molar-refractivity contribution in [2.45, 2.75) is 45.1 Å². The minimum atomic E-state index is -1.57. The zero-order valence-corrected chi connectivity index (χ0v) is 23.7. The summed E-state index contributed by atoms with van der Waals surface area (Å²) in [5.41, 5.74) is 1.83. The number of fused-ring (bicyclic) bond motifs is 3. The Bertz CT molecular complexity index is 1630. The summed E-state index contributed by atoms with van der Waals surface area (Å²) in [4.78, 5) is 36.7. The van der Waals surface area contributed by atoms with Crippen molar-refractivity contribution in [1.82, 2.24) is 0 Å². The van der Waals surface area contributed by atoms with Crippen molar-refractivity contribution in [3.8, 4) is 39.9 Å². The second-order valence-corrected chi connectivity index (χ2v) is 9.99. The van der Waals surface area contributed by atoms with Crippen LogP contribution in [0.4, 0.5) is 0 Å². The molecule has 0 aromatic heterocycles. The van der Waals surface area contributed by atoms with E-state index < -0.39 is 42.5 Å². The van der Waals surface area contributed by atoms with E-state index in [-0.39, 0.29) is 31.3 Å². The number of cyclic esters (lactones) is 1. The van der Waals surface area contributed by atoms with E-state index in [1.807, 2.05) is 0 Å². The first-order valence-corrected chi connectivity index (χ1v) is 13.3. The molecular weight excluding hydrogens is 568 g/mol. The Morgan fingerprint density at radius 1 is 0.884 bits per heavy atom. The molecule has 1 saturated heterocycles. The Labute approximate surface area is 245 Å². The van der Waals surface area contributed by atoms with E-state index in [4.69, 9.17) is 42.6 Å². The average molecular weight is 597 g/mol. The molecule has 226 valence electrons. The standard InChI is InChI=1S/C30H28O13/c1-13(31)41-23-11-38-30(26(33)28(23)42-14(2)32)43-27-17-9-21(36-4)20(35-3)8-16(17)24(25-18(27)10-37-29(25)34)15-5-6-19-22(7-15)40-12-39-19/h5-9,23,26,28,30,33H,10-12H2,1-4H3. The molecule has 0 amide bonds. The molecule has 1 N–H and O–H groups in total. The van der Waals surface area contributed by atoms with Crippen LogP contribution in [0.15, 0.2) is 30.3 Å². The van der Waals surface area contributed by atoms with Gasteiger partial charge < -0.3 is 47.7 Å². The second-order valence-electron chi connectivity index (χ2n) is 9.99. The predicted molar refractivity (Wildman–Crippen MR) is 145 cm³/mol. The molecule has 4 unspecified atom stereocenters. The summed E-state index contributed by atoms with van der Waals surface area (Å²) in [5, 5.41) is 12.2. The van der Waals surface area contributed by atoms with Gasteiger partial charge in [-0.05, 0) is 35.2 Å². The molecule has 0 spiro atoms. The largest absolute Gasteiger partial charge is 0.493 e. The summed E-state index contributed by atoms with van der Waals surface area (Å²) in [7, 11) is 2.97. The van der Waals surface area contributed by atoms with Gasteiger partial charge >= 0.3 is 17.9 Å². The molecule has 0 saturated carbocycles. The Morgan fingerprint density at radius 3 is 2.28 bits per heavy atom. The lowest BCUT2D eigenvalue weighted by Gasteiger charge is -2.38. The number of methoxy groups -OCH3 is 2. The highest BCUT2D eigenvalue weighted by molar-refractivity contribution is 6.14. The highest BCUT2D eigenvalue weighted by Gasteiger charge is 2.46. The number of ether oxygens (including phenoxy) is 9. The van der Waals surface area contributed by atoms with Crippen molar-refractivity contribution >= 4 is 28.7 Å².